The van der Waals surface area contributed by atoms with Crippen molar-refractivity contribution in [1.29, 1.82) is 0 Å². The number of aromatic nitrogens is 2. The van der Waals surface area contributed by atoms with Gasteiger partial charge in [-0.15, -0.1) is 0 Å². The summed E-state index contributed by atoms with van der Waals surface area (Å²) < 4.78 is 10.7. The zero-order valence-electron chi connectivity index (χ0n) is 13.1. The van der Waals surface area contributed by atoms with Crippen LogP contribution < -0.4 is 14.8 Å². The fourth-order valence-electron chi connectivity index (χ4n) is 2.35. The predicted octanol–water partition coefficient (Wildman–Crippen LogP) is 4.57. The van der Waals surface area contributed by atoms with Gasteiger partial charge in [0.25, 0.3) is 0 Å². The normalized spacial score (nSPS) is 10.7. The van der Waals surface area contributed by atoms with Gasteiger partial charge in [0.15, 0.2) is 11.5 Å². The maximum absolute atomic E-state index is 6.04. The summed E-state index contributed by atoms with van der Waals surface area (Å²) in [6.07, 6.45) is 0. The third kappa shape index (κ3) is 3.47. The molecular formula is C17H15Cl2N3O2. The second kappa shape index (κ2) is 7.11. The molecule has 0 unspecified atom stereocenters. The minimum atomic E-state index is 0.160. The molecule has 0 radical (unpaired) electrons. The Bertz CT molecular complexity index is 870. The smallest absolute Gasteiger partial charge is 0.224 e. The summed E-state index contributed by atoms with van der Waals surface area (Å²) in [6, 6.07) is 11.2. The number of rotatable bonds is 5. The average molecular weight is 364 g/mol. The first kappa shape index (κ1) is 16.6. The molecule has 3 aromatic rings. The van der Waals surface area contributed by atoms with E-state index in [1.165, 1.54) is 0 Å². The van der Waals surface area contributed by atoms with Crippen molar-refractivity contribution >= 4 is 39.9 Å². The van der Waals surface area contributed by atoms with Gasteiger partial charge in [0.1, 0.15) is 5.82 Å². The van der Waals surface area contributed by atoms with Gasteiger partial charge in [-0.2, -0.15) is 0 Å². The Morgan fingerprint density at radius 2 is 1.62 bits per heavy atom. The number of anilines is 1. The van der Waals surface area contributed by atoms with Crippen LogP contribution >= 0.6 is 23.2 Å². The molecule has 0 fully saturated rings. The Morgan fingerprint density at radius 3 is 2.29 bits per heavy atom. The summed E-state index contributed by atoms with van der Waals surface area (Å²) >= 11 is 11.9. The van der Waals surface area contributed by atoms with Crippen LogP contribution in [0.1, 0.15) is 5.56 Å². The summed E-state index contributed by atoms with van der Waals surface area (Å²) in [6.45, 7) is 0.577. The first-order valence-corrected chi connectivity index (χ1v) is 7.94. The monoisotopic (exact) mass is 363 g/mol. The lowest BCUT2D eigenvalue weighted by atomic mass is 10.2. The van der Waals surface area contributed by atoms with E-state index in [0.29, 0.717) is 34.4 Å². The Kier molecular flexibility index (Phi) is 4.92. The van der Waals surface area contributed by atoms with E-state index in [1.807, 2.05) is 30.3 Å². The Morgan fingerprint density at radius 1 is 0.958 bits per heavy atom. The molecule has 124 valence electrons. The second-order valence-corrected chi connectivity index (χ2v) is 5.82. The van der Waals surface area contributed by atoms with E-state index in [4.69, 9.17) is 32.7 Å². The molecule has 3 rings (SSSR count). The largest absolute Gasteiger partial charge is 0.493 e. The number of ether oxygens (including phenoxy) is 2. The van der Waals surface area contributed by atoms with Gasteiger partial charge in [-0.05, 0) is 35.4 Å². The number of fused-ring (bicyclic) bond motifs is 1. The van der Waals surface area contributed by atoms with Crippen molar-refractivity contribution in [3.8, 4) is 11.5 Å². The molecule has 0 aliphatic rings. The summed E-state index contributed by atoms with van der Waals surface area (Å²) in [4.78, 5) is 8.53. The van der Waals surface area contributed by atoms with Crippen LogP contribution in [0.3, 0.4) is 0 Å². The van der Waals surface area contributed by atoms with Crippen LogP contribution in [0.5, 0.6) is 11.5 Å². The highest BCUT2D eigenvalue weighted by atomic mass is 35.5. The van der Waals surface area contributed by atoms with E-state index < -0.39 is 0 Å². The first-order valence-electron chi connectivity index (χ1n) is 7.18. The van der Waals surface area contributed by atoms with Crippen molar-refractivity contribution in [2.75, 3.05) is 19.5 Å². The van der Waals surface area contributed by atoms with Crippen LogP contribution in [0.2, 0.25) is 10.3 Å². The van der Waals surface area contributed by atoms with E-state index in [0.717, 1.165) is 10.9 Å². The Labute approximate surface area is 149 Å². The zero-order valence-corrected chi connectivity index (χ0v) is 14.6. The van der Waals surface area contributed by atoms with Crippen molar-refractivity contribution in [2.24, 2.45) is 0 Å². The van der Waals surface area contributed by atoms with Crippen LogP contribution in [0.15, 0.2) is 36.4 Å². The summed E-state index contributed by atoms with van der Waals surface area (Å²) in [7, 11) is 3.16. The number of nitrogens with zero attached hydrogens (tertiary/aromatic N) is 2. The molecule has 1 N–H and O–H groups in total. The van der Waals surface area contributed by atoms with Crippen molar-refractivity contribution in [2.45, 2.75) is 6.54 Å². The lowest BCUT2D eigenvalue weighted by Crippen LogP contribution is -2.03. The second-order valence-electron chi connectivity index (χ2n) is 5.05. The first-order chi connectivity index (χ1) is 11.6. The number of hydrogen-bond acceptors (Lipinski definition) is 5. The molecule has 5 nitrogen and oxygen atoms in total. The van der Waals surface area contributed by atoms with Gasteiger partial charge in [-0.25, -0.2) is 9.97 Å². The molecule has 7 heteroatoms. The summed E-state index contributed by atoms with van der Waals surface area (Å²) in [5, 5.41) is 4.94. The van der Waals surface area contributed by atoms with Crippen LogP contribution in [-0.2, 0) is 6.54 Å². The summed E-state index contributed by atoms with van der Waals surface area (Å²) in [5.41, 5.74) is 1.74. The summed E-state index contributed by atoms with van der Waals surface area (Å²) in [5.74, 6) is 1.81. The predicted molar refractivity (Wildman–Crippen MR) is 96.4 cm³/mol. The zero-order chi connectivity index (χ0) is 17.1. The number of hydrogen-bond donors (Lipinski definition) is 1. The van der Waals surface area contributed by atoms with E-state index in [-0.39, 0.29) is 5.28 Å². The lowest BCUT2D eigenvalue weighted by molar-refractivity contribution is 0.356. The number of nitrogens with one attached hydrogen (secondary N) is 1. The van der Waals surface area contributed by atoms with Gasteiger partial charge in [0.05, 0.1) is 19.7 Å². The van der Waals surface area contributed by atoms with Crippen LogP contribution in [0.4, 0.5) is 5.82 Å². The molecule has 0 atom stereocenters. The molecule has 0 saturated carbocycles. The molecule has 0 aliphatic carbocycles. The highest BCUT2D eigenvalue weighted by Crippen LogP contribution is 2.34. The van der Waals surface area contributed by atoms with Gasteiger partial charge in [0, 0.05) is 23.0 Å². The average Bonchev–Trinajstić information content (AvgIpc) is 2.59. The Hall–Kier alpha value is -2.24. The van der Waals surface area contributed by atoms with Gasteiger partial charge in [-0.3, -0.25) is 0 Å². The number of benzene rings is 2. The lowest BCUT2D eigenvalue weighted by Gasteiger charge is -2.12. The van der Waals surface area contributed by atoms with Gasteiger partial charge < -0.3 is 14.8 Å². The molecule has 0 saturated heterocycles. The minimum absolute atomic E-state index is 0.160. The molecule has 24 heavy (non-hydrogen) atoms. The molecule has 0 aliphatic heterocycles. The fourth-order valence-corrected chi connectivity index (χ4v) is 2.65. The number of halogens is 2. The van der Waals surface area contributed by atoms with E-state index >= 15 is 0 Å². The minimum Gasteiger partial charge on any atom is -0.493 e. The van der Waals surface area contributed by atoms with Gasteiger partial charge >= 0.3 is 0 Å². The third-order valence-electron chi connectivity index (χ3n) is 3.55. The maximum atomic E-state index is 6.04. The highest BCUT2D eigenvalue weighted by Gasteiger charge is 2.12. The van der Waals surface area contributed by atoms with Crippen LogP contribution in [0, 0.1) is 0 Å². The molecule has 2 aromatic carbocycles. The van der Waals surface area contributed by atoms with Crippen molar-refractivity contribution < 1.29 is 9.47 Å². The highest BCUT2D eigenvalue weighted by molar-refractivity contribution is 6.30. The van der Waals surface area contributed by atoms with Crippen LogP contribution in [0.25, 0.3) is 10.9 Å². The van der Waals surface area contributed by atoms with Crippen molar-refractivity contribution in [3.63, 3.8) is 0 Å². The van der Waals surface area contributed by atoms with Crippen LogP contribution in [-0.4, -0.2) is 24.2 Å². The SMILES string of the molecule is COc1cc2nc(Cl)nc(NCc3ccc(Cl)cc3)c2cc1OC. The molecule has 1 heterocycles. The molecule has 0 spiro atoms. The van der Waals surface area contributed by atoms with Crippen molar-refractivity contribution in [3.05, 3.63) is 52.3 Å². The van der Waals surface area contributed by atoms with E-state index in [2.05, 4.69) is 15.3 Å². The molecular weight excluding hydrogens is 349 g/mol. The van der Waals surface area contributed by atoms with Gasteiger partial charge in [-0.1, -0.05) is 23.7 Å². The molecule has 1 aromatic heterocycles. The third-order valence-corrected chi connectivity index (χ3v) is 3.97. The standard InChI is InChI=1S/C17H15Cl2N3O2/c1-23-14-7-12-13(8-15(14)24-2)21-17(19)22-16(12)20-9-10-3-5-11(18)6-4-10/h3-8H,9H2,1-2H3,(H,20,21,22). The quantitative estimate of drug-likeness (QED) is 0.673. The molecule has 0 bridgehead atoms. The van der Waals surface area contributed by atoms with Crippen molar-refractivity contribution in [1.82, 2.24) is 9.97 Å². The molecule has 0 amide bonds. The van der Waals surface area contributed by atoms with Gasteiger partial charge in [0.2, 0.25) is 5.28 Å². The van der Waals surface area contributed by atoms with E-state index in [1.54, 1.807) is 20.3 Å². The maximum Gasteiger partial charge on any atom is 0.224 e. The topological polar surface area (TPSA) is 56.3 Å². The Balaban J connectivity index is 1.98. The fraction of sp³-hybridized carbons (Fsp3) is 0.176. The number of methoxy groups -OCH3 is 2. The van der Waals surface area contributed by atoms with E-state index in [9.17, 15) is 0 Å².